The molecule has 0 aliphatic rings. The lowest BCUT2D eigenvalue weighted by Crippen LogP contribution is -2.32. The first-order valence-electron chi connectivity index (χ1n) is 7.26. The number of benzene rings is 1. The van der Waals surface area contributed by atoms with Gasteiger partial charge in [0.25, 0.3) is 0 Å². The fraction of sp³-hybridized carbons (Fsp3) is 0.588. The standard InChI is InChI=1S/C17H26O3/c1-11(2)14-7-9-15(10-8-14)16(18)17(19-12(3)4)20-13(5)6/h7-13,17H,1-6H3. The zero-order valence-corrected chi connectivity index (χ0v) is 13.3. The van der Waals surface area contributed by atoms with Gasteiger partial charge < -0.3 is 9.47 Å². The SMILES string of the molecule is CC(C)OC(OC(C)C)C(=O)c1ccc(C(C)C)cc1. The van der Waals surface area contributed by atoms with E-state index in [1.165, 1.54) is 5.56 Å². The molecule has 1 rings (SSSR count). The van der Waals surface area contributed by atoms with Gasteiger partial charge in [0.1, 0.15) is 0 Å². The molecular weight excluding hydrogens is 252 g/mol. The summed E-state index contributed by atoms with van der Waals surface area (Å²) in [5, 5.41) is 0. The highest BCUT2D eigenvalue weighted by Crippen LogP contribution is 2.17. The summed E-state index contributed by atoms with van der Waals surface area (Å²) >= 11 is 0. The van der Waals surface area contributed by atoms with Gasteiger partial charge in [0.05, 0.1) is 12.2 Å². The maximum Gasteiger partial charge on any atom is 0.223 e. The minimum Gasteiger partial charge on any atom is -0.343 e. The smallest absolute Gasteiger partial charge is 0.223 e. The van der Waals surface area contributed by atoms with E-state index in [9.17, 15) is 4.79 Å². The second-order valence-corrected chi connectivity index (χ2v) is 5.84. The molecule has 0 amide bonds. The molecule has 112 valence electrons. The first-order valence-corrected chi connectivity index (χ1v) is 7.26. The molecule has 0 aromatic heterocycles. The molecule has 1 aromatic carbocycles. The molecule has 0 atom stereocenters. The van der Waals surface area contributed by atoms with Crippen molar-refractivity contribution in [1.82, 2.24) is 0 Å². The molecule has 0 aliphatic heterocycles. The second-order valence-electron chi connectivity index (χ2n) is 5.84. The van der Waals surface area contributed by atoms with Crippen LogP contribution < -0.4 is 0 Å². The maximum absolute atomic E-state index is 12.4. The summed E-state index contributed by atoms with van der Waals surface area (Å²) in [6.45, 7) is 11.8. The third-order valence-corrected chi connectivity index (χ3v) is 2.87. The Bertz CT molecular complexity index is 408. The molecule has 0 aliphatic carbocycles. The minimum atomic E-state index is -0.833. The molecule has 20 heavy (non-hydrogen) atoms. The number of rotatable bonds is 7. The zero-order chi connectivity index (χ0) is 15.3. The number of ether oxygens (including phenoxy) is 2. The van der Waals surface area contributed by atoms with Gasteiger partial charge in [-0.3, -0.25) is 4.79 Å². The number of hydrogen-bond donors (Lipinski definition) is 0. The van der Waals surface area contributed by atoms with Crippen LogP contribution >= 0.6 is 0 Å². The second kappa shape index (κ2) is 7.55. The molecule has 0 heterocycles. The highest BCUT2D eigenvalue weighted by molar-refractivity contribution is 5.98. The summed E-state index contributed by atoms with van der Waals surface area (Å²) in [7, 11) is 0. The first kappa shape index (κ1) is 16.9. The van der Waals surface area contributed by atoms with Crippen molar-refractivity contribution in [3.8, 4) is 0 Å². The molecule has 0 fully saturated rings. The van der Waals surface area contributed by atoms with Gasteiger partial charge in [-0.05, 0) is 39.2 Å². The fourth-order valence-electron chi connectivity index (χ4n) is 1.82. The van der Waals surface area contributed by atoms with Crippen molar-refractivity contribution in [3.05, 3.63) is 35.4 Å². The monoisotopic (exact) mass is 278 g/mol. The zero-order valence-electron chi connectivity index (χ0n) is 13.3. The van der Waals surface area contributed by atoms with Crippen molar-refractivity contribution in [2.75, 3.05) is 0 Å². The predicted molar refractivity (Wildman–Crippen MR) is 81.1 cm³/mol. The normalized spacial score (nSPS) is 11.9. The Balaban J connectivity index is 2.87. The van der Waals surface area contributed by atoms with E-state index >= 15 is 0 Å². The molecule has 3 heteroatoms. The summed E-state index contributed by atoms with van der Waals surface area (Å²) in [6.07, 6.45) is -0.949. The van der Waals surface area contributed by atoms with Crippen molar-refractivity contribution in [1.29, 1.82) is 0 Å². The van der Waals surface area contributed by atoms with E-state index in [-0.39, 0.29) is 18.0 Å². The molecule has 3 nitrogen and oxygen atoms in total. The Morgan fingerprint density at radius 2 is 1.30 bits per heavy atom. The molecule has 0 saturated carbocycles. The average molecular weight is 278 g/mol. The minimum absolute atomic E-state index is 0.0577. The van der Waals surface area contributed by atoms with Crippen molar-refractivity contribution in [2.45, 2.75) is 66.0 Å². The summed E-state index contributed by atoms with van der Waals surface area (Å²) in [4.78, 5) is 12.4. The third-order valence-electron chi connectivity index (χ3n) is 2.87. The van der Waals surface area contributed by atoms with E-state index in [0.29, 0.717) is 11.5 Å². The number of carbonyl (C=O) groups is 1. The average Bonchev–Trinajstić information content (AvgIpc) is 2.36. The van der Waals surface area contributed by atoms with Crippen LogP contribution in [-0.4, -0.2) is 24.3 Å². The summed E-state index contributed by atoms with van der Waals surface area (Å²) in [5.41, 5.74) is 1.84. The van der Waals surface area contributed by atoms with Crippen LogP contribution in [0.15, 0.2) is 24.3 Å². The van der Waals surface area contributed by atoms with E-state index in [0.717, 1.165) is 0 Å². The Morgan fingerprint density at radius 3 is 1.65 bits per heavy atom. The van der Waals surface area contributed by atoms with Crippen molar-refractivity contribution < 1.29 is 14.3 Å². The molecule has 0 bridgehead atoms. The Labute approximate surface area is 122 Å². The van der Waals surface area contributed by atoms with Crippen LogP contribution in [-0.2, 0) is 9.47 Å². The molecule has 0 unspecified atom stereocenters. The molecule has 0 N–H and O–H groups in total. The van der Waals surface area contributed by atoms with Crippen LogP contribution in [0.3, 0.4) is 0 Å². The van der Waals surface area contributed by atoms with Crippen LogP contribution in [0.5, 0.6) is 0 Å². The lowest BCUT2D eigenvalue weighted by molar-refractivity contribution is -0.152. The van der Waals surface area contributed by atoms with Crippen molar-refractivity contribution >= 4 is 5.78 Å². The summed E-state index contributed by atoms with van der Waals surface area (Å²) in [6, 6.07) is 7.66. The predicted octanol–water partition coefficient (Wildman–Crippen LogP) is 4.17. The van der Waals surface area contributed by atoms with Gasteiger partial charge in [0.2, 0.25) is 12.1 Å². The summed E-state index contributed by atoms with van der Waals surface area (Å²) < 4.78 is 11.2. The number of carbonyl (C=O) groups excluding carboxylic acids is 1. The molecule has 0 spiro atoms. The van der Waals surface area contributed by atoms with Gasteiger partial charge >= 0.3 is 0 Å². The van der Waals surface area contributed by atoms with Crippen LogP contribution in [0.4, 0.5) is 0 Å². The molecule has 1 aromatic rings. The fourth-order valence-corrected chi connectivity index (χ4v) is 1.82. The Hall–Kier alpha value is -1.19. The largest absolute Gasteiger partial charge is 0.343 e. The topological polar surface area (TPSA) is 35.5 Å². The molecule has 0 saturated heterocycles. The summed E-state index contributed by atoms with van der Waals surface area (Å²) in [5.74, 6) is 0.330. The highest BCUT2D eigenvalue weighted by atomic mass is 16.7. The molecule has 0 radical (unpaired) electrons. The Morgan fingerprint density at radius 1 is 0.850 bits per heavy atom. The van der Waals surface area contributed by atoms with Crippen LogP contribution in [0, 0.1) is 0 Å². The third kappa shape index (κ3) is 5.06. The van der Waals surface area contributed by atoms with Gasteiger partial charge in [-0.25, -0.2) is 0 Å². The van der Waals surface area contributed by atoms with E-state index in [2.05, 4.69) is 13.8 Å². The number of hydrogen-bond acceptors (Lipinski definition) is 3. The lowest BCUT2D eigenvalue weighted by atomic mass is 10.0. The van der Waals surface area contributed by atoms with Gasteiger partial charge in [-0.2, -0.15) is 0 Å². The van der Waals surface area contributed by atoms with Crippen LogP contribution in [0.2, 0.25) is 0 Å². The van der Waals surface area contributed by atoms with Crippen LogP contribution in [0.25, 0.3) is 0 Å². The molecular formula is C17H26O3. The van der Waals surface area contributed by atoms with E-state index < -0.39 is 6.29 Å². The van der Waals surface area contributed by atoms with E-state index in [1.54, 1.807) is 0 Å². The number of Topliss-reactive ketones (excluding diaryl/α,β-unsaturated/α-hetero) is 1. The van der Waals surface area contributed by atoms with Gasteiger partial charge in [-0.1, -0.05) is 38.1 Å². The van der Waals surface area contributed by atoms with E-state index in [4.69, 9.17) is 9.47 Å². The highest BCUT2D eigenvalue weighted by Gasteiger charge is 2.24. The Kier molecular flexibility index (Phi) is 6.37. The van der Waals surface area contributed by atoms with Gasteiger partial charge in [0.15, 0.2) is 0 Å². The quantitative estimate of drug-likeness (QED) is 0.554. The number of ketones is 1. The van der Waals surface area contributed by atoms with E-state index in [1.807, 2.05) is 52.0 Å². The van der Waals surface area contributed by atoms with Crippen LogP contribution in [0.1, 0.15) is 63.4 Å². The lowest BCUT2D eigenvalue weighted by Gasteiger charge is -2.22. The van der Waals surface area contributed by atoms with Crippen molar-refractivity contribution in [2.24, 2.45) is 0 Å². The first-order chi connectivity index (χ1) is 9.31. The van der Waals surface area contributed by atoms with Gasteiger partial charge in [-0.15, -0.1) is 0 Å². The van der Waals surface area contributed by atoms with Crippen molar-refractivity contribution in [3.63, 3.8) is 0 Å². The van der Waals surface area contributed by atoms with Gasteiger partial charge in [0, 0.05) is 5.56 Å². The maximum atomic E-state index is 12.4.